The second-order valence-corrected chi connectivity index (χ2v) is 4.52. The van der Waals surface area contributed by atoms with E-state index in [2.05, 4.69) is 15.3 Å². The van der Waals surface area contributed by atoms with Crippen LogP contribution in [0.2, 0.25) is 0 Å². The number of aromatic amines is 1. The number of imidazole rings is 1. The van der Waals surface area contributed by atoms with Crippen molar-refractivity contribution in [2.45, 2.75) is 25.3 Å². The molecule has 1 fully saturated rings. The largest absolute Gasteiger partial charge is 0.463 e. The molecule has 1 aliphatic rings. The van der Waals surface area contributed by atoms with Gasteiger partial charge in [-0.2, -0.15) is 4.98 Å². The average Bonchev–Trinajstić information content (AvgIpc) is 2.80. The van der Waals surface area contributed by atoms with E-state index >= 15 is 0 Å². The Hall–Kier alpha value is -1.55. The molecule has 0 aliphatic carbocycles. The predicted molar refractivity (Wildman–Crippen MR) is 67.2 cm³/mol. The van der Waals surface area contributed by atoms with Crippen molar-refractivity contribution < 1.29 is 4.74 Å². The van der Waals surface area contributed by atoms with Gasteiger partial charge in [0, 0.05) is 6.04 Å². The fourth-order valence-corrected chi connectivity index (χ4v) is 2.24. The molecule has 1 aromatic heterocycles. The Labute approximate surface area is 100 Å². The molecule has 0 radical (unpaired) electrons. The van der Waals surface area contributed by atoms with Crippen LogP contribution in [0, 0.1) is 0 Å². The lowest BCUT2D eigenvalue weighted by atomic mass is 10.1. The van der Waals surface area contributed by atoms with Gasteiger partial charge in [0.25, 0.3) is 6.01 Å². The fourth-order valence-electron chi connectivity index (χ4n) is 2.24. The third kappa shape index (κ3) is 2.42. The number of para-hydroxylation sites is 2. The highest BCUT2D eigenvalue weighted by Gasteiger charge is 2.13. The number of H-pyrrole nitrogens is 1. The van der Waals surface area contributed by atoms with Crippen molar-refractivity contribution in [2.24, 2.45) is 0 Å². The van der Waals surface area contributed by atoms with Crippen molar-refractivity contribution in [3.8, 4) is 6.01 Å². The summed E-state index contributed by atoms with van der Waals surface area (Å²) in [5.41, 5.74) is 1.98. The van der Waals surface area contributed by atoms with E-state index in [1.807, 2.05) is 24.3 Å². The molecule has 1 unspecified atom stereocenters. The molecule has 0 bridgehead atoms. The van der Waals surface area contributed by atoms with Crippen molar-refractivity contribution in [1.29, 1.82) is 0 Å². The third-order valence-electron chi connectivity index (χ3n) is 3.20. The molecular weight excluding hydrogens is 214 g/mol. The summed E-state index contributed by atoms with van der Waals surface area (Å²) < 4.78 is 5.70. The van der Waals surface area contributed by atoms with Crippen molar-refractivity contribution >= 4 is 11.0 Å². The normalized spacial score (nSPS) is 20.6. The molecule has 2 N–H and O–H groups in total. The molecule has 1 aromatic carbocycles. The molecule has 1 atom stereocenters. The van der Waals surface area contributed by atoms with Crippen LogP contribution in [0.3, 0.4) is 0 Å². The minimum Gasteiger partial charge on any atom is -0.463 e. The van der Waals surface area contributed by atoms with Gasteiger partial charge in [-0.3, -0.25) is 0 Å². The van der Waals surface area contributed by atoms with Gasteiger partial charge >= 0.3 is 0 Å². The summed E-state index contributed by atoms with van der Waals surface area (Å²) in [4.78, 5) is 7.57. The van der Waals surface area contributed by atoms with Crippen LogP contribution in [0.15, 0.2) is 24.3 Å². The Bertz CT molecular complexity index is 455. The molecule has 1 aliphatic heterocycles. The topological polar surface area (TPSA) is 49.9 Å². The van der Waals surface area contributed by atoms with Crippen molar-refractivity contribution in [3.63, 3.8) is 0 Å². The number of benzene rings is 1. The lowest BCUT2D eigenvalue weighted by Gasteiger charge is -2.22. The summed E-state index contributed by atoms with van der Waals surface area (Å²) in [7, 11) is 0. The van der Waals surface area contributed by atoms with Gasteiger partial charge < -0.3 is 15.0 Å². The summed E-state index contributed by atoms with van der Waals surface area (Å²) in [6.07, 6.45) is 3.77. The fraction of sp³-hybridized carbons (Fsp3) is 0.462. The zero-order valence-electron chi connectivity index (χ0n) is 9.78. The van der Waals surface area contributed by atoms with E-state index in [1.54, 1.807) is 0 Å². The number of nitrogens with zero attached hydrogens (tertiary/aromatic N) is 1. The van der Waals surface area contributed by atoms with Gasteiger partial charge in [0.05, 0.1) is 11.0 Å². The van der Waals surface area contributed by atoms with Gasteiger partial charge in [0.15, 0.2) is 0 Å². The minimum atomic E-state index is 0.469. The van der Waals surface area contributed by atoms with E-state index in [4.69, 9.17) is 4.74 Å². The smallest absolute Gasteiger partial charge is 0.294 e. The Morgan fingerprint density at radius 1 is 1.29 bits per heavy atom. The molecule has 3 rings (SSSR count). The molecule has 17 heavy (non-hydrogen) atoms. The Kier molecular flexibility index (Phi) is 2.96. The van der Waals surface area contributed by atoms with Gasteiger partial charge in [0.1, 0.15) is 6.61 Å². The van der Waals surface area contributed by atoms with Crippen molar-refractivity contribution in [1.82, 2.24) is 15.3 Å². The van der Waals surface area contributed by atoms with Gasteiger partial charge in [-0.15, -0.1) is 0 Å². The first-order chi connectivity index (χ1) is 8.42. The van der Waals surface area contributed by atoms with Gasteiger partial charge in [-0.05, 0) is 31.5 Å². The second-order valence-electron chi connectivity index (χ2n) is 4.52. The quantitative estimate of drug-likeness (QED) is 0.850. The molecule has 4 heteroatoms. The first kappa shape index (κ1) is 10.6. The summed E-state index contributed by atoms with van der Waals surface area (Å²) in [5, 5.41) is 3.46. The van der Waals surface area contributed by atoms with Gasteiger partial charge in [0.2, 0.25) is 0 Å². The van der Waals surface area contributed by atoms with Crippen molar-refractivity contribution in [2.75, 3.05) is 13.2 Å². The molecule has 2 heterocycles. The molecule has 90 valence electrons. The summed E-state index contributed by atoms with van der Waals surface area (Å²) >= 11 is 0. The molecule has 2 aromatic rings. The standard InChI is InChI=1S/C13H17N3O/c1-2-7-12-11(6-1)15-13(16-12)17-9-10-5-3-4-8-14-10/h1-2,6-7,10,14H,3-5,8-9H2,(H,15,16). The van der Waals surface area contributed by atoms with E-state index < -0.39 is 0 Å². The second kappa shape index (κ2) is 4.75. The number of rotatable bonds is 3. The van der Waals surface area contributed by atoms with Gasteiger partial charge in [-0.1, -0.05) is 18.6 Å². The first-order valence-corrected chi connectivity index (χ1v) is 6.23. The number of fused-ring (bicyclic) bond motifs is 1. The van der Waals surface area contributed by atoms with Crippen LogP contribution in [-0.2, 0) is 0 Å². The van der Waals surface area contributed by atoms with E-state index in [0.717, 1.165) is 17.6 Å². The van der Waals surface area contributed by atoms with Crippen LogP contribution in [0.1, 0.15) is 19.3 Å². The Morgan fingerprint density at radius 2 is 2.24 bits per heavy atom. The van der Waals surface area contributed by atoms with Crippen LogP contribution in [0.4, 0.5) is 0 Å². The minimum absolute atomic E-state index is 0.469. The molecule has 4 nitrogen and oxygen atoms in total. The number of hydrogen-bond acceptors (Lipinski definition) is 3. The predicted octanol–water partition coefficient (Wildman–Crippen LogP) is 2.08. The molecule has 0 saturated carbocycles. The third-order valence-corrected chi connectivity index (χ3v) is 3.20. The summed E-state index contributed by atoms with van der Waals surface area (Å²) in [6.45, 7) is 1.80. The van der Waals surface area contributed by atoms with Crippen LogP contribution in [0.25, 0.3) is 11.0 Å². The monoisotopic (exact) mass is 231 g/mol. The lowest BCUT2D eigenvalue weighted by Crippen LogP contribution is -2.38. The van der Waals surface area contributed by atoms with Gasteiger partial charge in [-0.25, -0.2) is 0 Å². The summed E-state index contributed by atoms with van der Waals surface area (Å²) in [6, 6.07) is 9.06. The number of ether oxygens (including phenoxy) is 1. The van der Waals surface area contributed by atoms with E-state index in [-0.39, 0.29) is 0 Å². The van der Waals surface area contributed by atoms with Crippen LogP contribution >= 0.6 is 0 Å². The van der Waals surface area contributed by atoms with E-state index in [9.17, 15) is 0 Å². The highest BCUT2D eigenvalue weighted by molar-refractivity contribution is 5.75. The van der Waals surface area contributed by atoms with Crippen LogP contribution in [-0.4, -0.2) is 29.2 Å². The van der Waals surface area contributed by atoms with E-state index in [0.29, 0.717) is 18.7 Å². The summed E-state index contributed by atoms with van der Waals surface area (Å²) in [5.74, 6) is 0. The molecule has 1 saturated heterocycles. The highest BCUT2D eigenvalue weighted by Crippen LogP contribution is 2.15. The van der Waals surface area contributed by atoms with Crippen molar-refractivity contribution in [3.05, 3.63) is 24.3 Å². The number of aromatic nitrogens is 2. The first-order valence-electron chi connectivity index (χ1n) is 6.23. The van der Waals surface area contributed by atoms with E-state index in [1.165, 1.54) is 19.3 Å². The van der Waals surface area contributed by atoms with Crippen LogP contribution < -0.4 is 10.1 Å². The maximum Gasteiger partial charge on any atom is 0.294 e. The maximum absolute atomic E-state index is 5.70. The number of piperidine rings is 1. The highest BCUT2D eigenvalue weighted by atomic mass is 16.5. The SMILES string of the molecule is c1ccc2[nH]c(OCC3CCCCN3)nc2c1. The van der Waals surface area contributed by atoms with Crippen LogP contribution in [0.5, 0.6) is 6.01 Å². The zero-order chi connectivity index (χ0) is 11.5. The average molecular weight is 231 g/mol. The zero-order valence-corrected chi connectivity index (χ0v) is 9.78. The maximum atomic E-state index is 5.70. The lowest BCUT2D eigenvalue weighted by molar-refractivity contribution is 0.226. The Balaban J connectivity index is 1.64. The number of nitrogens with one attached hydrogen (secondary N) is 2. The number of hydrogen-bond donors (Lipinski definition) is 2. The molecule has 0 spiro atoms. The molecule has 0 amide bonds. The molecular formula is C13H17N3O. The Morgan fingerprint density at radius 3 is 3.06 bits per heavy atom.